The molecule has 0 aliphatic carbocycles. The molecule has 0 unspecified atom stereocenters. The fraction of sp³-hybridized carbons (Fsp3) is 0.233. The lowest BCUT2D eigenvalue weighted by molar-refractivity contribution is -0.132. The van der Waals surface area contributed by atoms with Crippen LogP contribution in [0.4, 0.5) is 5.13 Å². The Morgan fingerprint density at radius 1 is 0.875 bits per heavy atom. The maximum Gasteiger partial charge on any atom is 0.301 e. The van der Waals surface area contributed by atoms with Crippen LogP contribution in [0.15, 0.2) is 54.1 Å². The summed E-state index contributed by atoms with van der Waals surface area (Å²) < 4.78 is 22.8. The van der Waals surface area contributed by atoms with E-state index in [1.54, 1.807) is 37.4 Å². The number of ketones is 1. The molecule has 1 amide bonds. The topological polar surface area (TPSA) is 107 Å². The molecule has 0 spiro atoms. The summed E-state index contributed by atoms with van der Waals surface area (Å²) in [5.74, 6) is -0.302. The summed E-state index contributed by atoms with van der Waals surface area (Å²) in [5, 5.41) is 11.9. The van der Waals surface area contributed by atoms with E-state index in [4.69, 9.17) is 18.9 Å². The van der Waals surface area contributed by atoms with Crippen molar-refractivity contribution in [3.8, 4) is 23.0 Å². The maximum atomic E-state index is 13.7. The molecule has 1 atom stereocenters. The highest BCUT2D eigenvalue weighted by atomic mass is 32.1. The summed E-state index contributed by atoms with van der Waals surface area (Å²) in [6, 6.07) is 13.1. The van der Waals surface area contributed by atoms with Gasteiger partial charge in [0.25, 0.3) is 5.78 Å². The third-order valence-electron chi connectivity index (χ3n) is 6.85. The number of aliphatic hydroxyl groups is 1. The Morgan fingerprint density at radius 3 is 2.15 bits per heavy atom. The van der Waals surface area contributed by atoms with Crippen molar-refractivity contribution in [2.45, 2.75) is 19.9 Å². The largest absolute Gasteiger partial charge is 0.507 e. The van der Waals surface area contributed by atoms with Gasteiger partial charge in [-0.3, -0.25) is 14.5 Å². The lowest BCUT2D eigenvalue weighted by Crippen LogP contribution is -2.29. The average molecular weight is 561 g/mol. The zero-order valence-corrected chi connectivity index (χ0v) is 23.7. The first-order chi connectivity index (χ1) is 19.2. The van der Waals surface area contributed by atoms with E-state index in [0.717, 1.165) is 15.8 Å². The van der Waals surface area contributed by atoms with Crippen LogP contribution in [0.1, 0.15) is 28.3 Å². The number of nitrogens with zero attached hydrogens (tertiary/aromatic N) is 2. The number of hydrogen-bond acceptors (Lipinski definition) is 9. The van der Waals surface area contributed by atoms with Gasteiger partial charge in [-0.15, -0.1) is 0 Å². The molecule has 0 saturated carbocycles. The number of hydrogen-bond donors (Lipinski definition) is 1. The van der Waals surface area contributed by atoms with Crippen LogP contribution in [0.25, 0.3) is 16.0 Å². The summed E-state index contributed by atoms with van der Waals surface area (Å²) in [5.41, 5.74) is 3.25. The molecule has 206 valence electrons. The highest BCUT2D eigenvalue weighted by Crippen LogP contribution is 2.48. The highest BCUT2D eigenvalue weighted by Gasteiger charge is 2.48. The van der Waals surface area contributed by atoms with E-state index < -0.39 is 17.7 Å². The maximum absolute atomic E-state index is 13.7. The molecule has 1 aliphatic rings. The summed E-state index contributed by atoms with van der Waals surface area (Å²) in [4.78, 5) is 33.3. The Balaban J connectivity index is 1.78. The fourth-order valence-corrected chi connectivity index (χ4v) is 6.00. The summed E-state index contributed by atoms with van der Waals surface area (Å²) in [6.45, 7) is 3.80. The molecule has 1 N–H and O–H groups in total. The van der Waals surface area contributed by atoms with E-state index in [2.05, 4.69) is 4.98 Å². The van der Waals surface area contributed by atoms with Gasteiger partial charge in [0.1, 0.15) is 11.5 Å². The van der Waals surface area contributed by atoms with Crippen LogP contribution in [0.3, 0.4) is 0 Å². The van der Waals surface area contributed by atoms with Crippen LogP contribution in [-0.2, 0) is 9.59 Å². The predicted octanol–water partition coefficient (Wildman–Crippen LogP) is 5.57. The number of aromatic nitrogens is 1. The van der Waals surface area contributed by atoms with Crippen molar-refractivity contribution in [2.24, 2.45) is 0 Å². The molecule has 0 bridgehead atoms. The zero-order valence-electron chi connectivity index (χ0n) is 22.9. The van der Waals surface area contributed by atoms with E-state index in [1.165, 1.54) is 37.6 Å². The van der Waals surface area contributed by atoms with Crippen LogP contribution in [-0.4, -0.2) is 50.2 Å². The van der Waals surface area contributed by atoms with Gasteiger partial charge in [-0.05, 0) is 73.0 Å². The van der Waals surface area contributed by atoms with Gasteiger partial charge in [-0.2, -0.15) is 0 Å². The molecule has 0 radical (unpaired) electrons. The van der Waals surface area contributed by atoms with Crippen LogP contribution >= 0.6 is 11.3 Å². The third kappa shape index (κ3) is 4.40. The van der Waals surface area contributed by atoms with E-state index in [0.29, 0.717) is 44.8 Å². The van der Waals surface area contributed by atoms with Crippen LogP contribution in [0.5, 0.6) is 23.0 Å². The Morgan fingerprint density at radius 2 is 1.55 bits per heavy atom. The second kappa shape index (κ2) is 10.5. The summed E-state index contributed by atoms with van der Waals surface area (Å²) >= 11 is 1.29. The number of ether oxygens (including phenoxy) is 4. The number of carbonyl (C=O) groups is 2. The number of benzene rings is 3. The molecule has 2 heterocycles. The van der Waals surface area contributed by atoms with E-state index >= 15 is 0 Å². The molecular weight excluding hydrogens is 532 g/mol. The van der Waals surface area contributed by atoms with E-state index in [1.807, 2.05) is 32.0 Å². The standard InChI is InChI=1S/C30H28N2O7S/c1-15-7-9-19-23(11-15)40-30(31-19)32-25(18-13-21(37-4)28(39-6)22(14-18)38-5)24(27(34)29(32)35)26(33)17-8-10-20(36-3)16(2)12-17/h7-14,25,33H,1-6H3/b26-24+/t25-/m0/s1. The van der Waals surface area contributed by atoms with Gasteiger partial charge in [0.15, 0.2) is 16.6 Å². The predicted molar refractivity (Wildman–Crippen MR) is 153 cm³/mol. The number of thiazole rings is 1. The summed E-state index contributed by atoms with van der Waals surface area (Å²) in [7, 11) is 6.00. The highest BCUT2D eigenvalue weighted by molar-refractivity contribution is 7.22. The Bertz CT molecular complexity index is 1670. The molecule has 1 fully saturated rings. The molecule has 10 heteroatoms. The molecule has 1 aliphatic heterocycles. The van der Waals surface area contributed by atoms with Crippen molar-refractivity contribution < 1.29 is 33.6 Å². The number of fused-ring (bicyclic) bond motifs is 1. The van der Waals surface area contributed by atoms with Crippen molar-refractivity contribution in [3.63, 3.8) is 0 Å². The van der Waals surface area contributed by atoms with Gasteiger partial charge in [-0.1, -0.05) is 17.4 Å². The lowest BCUT2D eigenvalue weighted by Gasteiger charge is -2.24. The molecule has 1 saturated heterocycles. The van der Waals surface area contributed by atoms with Crippen LogP contribution in [0, 0.1) is 13.8 Å². The molecule has 1 aromatic heterocycles. The zero-order chi connectivity index (χ0) is 28.7. The number of rotatable bonds is 7. The second-order valence-electron chi connectivity index (χ2n) is 9.28. The lowest BCUT2D eigenvalue weighted by atomic mass is 9.94. The third-order valence-corrected chi connectivity index (χ3v) is 7.87. The minimum Gasteiger partial charge on any atom is -0.507 e. The van der Waals surface area contributed by atoms with Gasteiger partial charge in [-0.25, -0.2) is 4.98 Å². The van der Waals surface area contributed by atoms with Crippen LogP contribution in [0.2, 0.25) is 0 Å². The van der Waals surface area contributed by atoms with Gasteiger partial charge in [0.05, 0.1) is 50.3 Å². The van der Waals surface area contributed by atoms with Crippen molar-refractivity contribution in [2.75, 3.05) is 33.3 Å². The van der Waals surface area contributed by atoms with Gasteiger partial charge >= 0.3 is 5.91 Å². The normalized spacial score (nSPS) is 16.4. The molecule has 9 nitrogen and oxygen atoms in total. The first-order valence-corrected chi connectivity index (χ1v) is 13.2. The molecular formula is C30H28N2O7S. The first-order valence-electron chi connectivity index (χ1n) is 12.4. The second-order valence-corrected chi connectivity index (χ2v) is 10.3. The molecule has 3 aromatic carbocycles. The Kier molecular flexibility index (Phi) is 7.12. The summed E-state index contributed by atoms with van der Waals surface area (Å²) in [6.07, 6.45) is 0. The average Bonchev–Trinajstić information content (AvgIpc) is 3.48. The van der Waals surface area contributed by atoms with Crippen molar-refractivity contribution >= 4 is 44.1 Å². The van der Waals surface area contributed by atoms with Gasteiger partial charge in [0.2, 0.25) is 5.75 Å². The molecule has 4 aromatic rings. The number of anilines is 1. The smallest absolute Gasteiger partial charge is 0.301 e. The van der Waals surface area contributed by atoms with Gasteiger partial charge < -0.3 is 24.1 Å². The van der Waals surface area contributed by atoms with Crippen molar-refractivity contribution in [1.82, 2.24) is 4.98 Å². The number of carbonyl (C=O) groups excluding carboxylic acids is 2. The molecule has 5 rings (SSSR count). The van der Waals surface area contributed by atoms with E-state index in [9.17, 15) is 14.7 Å². The minimum absolute atomic E-state index is 0.0840. The number of methoxy groups -OCH3 is 4. The Hall–Kier alpha value is -4.57. The van der Waals surface area contributed by atoms with Crippen molar-refractivity contribution in [3.05, 3.63) is 76.4 Å². The van der Waals surface area contributed by atoms with E-state index in [-0.39, 0.29) is 11.3 Å². The minimum atomic E-state index is -1.03. The Labute approximate surface area is 235 Å². The fourth-order valence-electron chi connectivity index (χ4n) is 4.91. The quantitative estimate of drug-likeness (QED) is 0.178. The molecule has 40 heavy (non-hydrogen) atoms. The number of aryl methyl sites for hydroxylation is 2. The van der Waals surface area contributed by atoms with Crippen molar-refractivity contribution in [1.29, 1.82) is 0 Å². The number of aliphatic hydroxyl groups excluding tert-OH is 1. The van der Waals surface area contributed by atoms with Crippen LogP contribution < -0.4 is 23.8 Å². The SMILES string of the molecule is COc1ccc(/C(O)=C2\C(=O)C(=O)N(c3nc4ccc(C)cc4s3)[C@H]2c2cc(OC)c(OC)c(OC)c2)cc1C. The number of amides is 1. The number of Topliss-reactive ketones (excluding diaryl/α,β-unsaturated/α-hetero) is 1. The monoisotopic (exact) mass is 560 g/mol. The van der Waals surface area contributed by atoms with Gasteiger partial charge in [0, 0.05) is 5.56 Å². The first kappa shape index (κ1) is 27.0.